The summed E-state index contributed by atoms with van der Waals surface area (Å²) in [5.74, 6) is -2.62. The Labute approximate surface area is 103 Å². The maximum atomic E-state index is 13.4. The third kappa shape index (κ3) is 3.81. The van der Waals surface area contributed by atoms with Crippen molar-refractivity contribution in [2.75, 3.05) is 6.54 Å². The number of halogens is 1. The molecule has 98 valence electrons. The first-order chi connectivity index (χ1) is 8.41. The van der Waals surface area contributed by atoms with Crippen molar-refractivity contribution in [2.45, 2.75) is 19.4 Å². The zero-order valence-electron chi connectivity index (χ0n) is 9.81. The highest BCUT2D eigenvalue weighted by Gasteiger charge is 2.15. The van der Waals surface area contributed by atoms with Gasteiger partial charge in [-0.2, -0.15) is 0 Å². The molecule has 0 aliphatic heterocycles. The third-order valence-electron chi connectivity index (χ3n) is 2.36. The van der Waals surface area contributed by atoms with Crippen LogP contribution in [0.3, 0.4) is 0 Å². The number of hydrogen-bond acceptors (Lipinski definition) is 3. The van der Waals surface area contributed by atoms with Crippen molar-refractivity contribution < 1.29 is 24.2 Å². The van der Waals surface area contributed by atoms with E-state index in [2.05, 4.69) is 5.32 Å². The number of benzene rings is 1. The Bertz CT molecular complexity index is 461. The minimum atomic E-state index is -1.53. The van der Waals surface area contributed by atoms with Gasteiger partial charge in [-0.15, -0.1) is 0 Å². The van der Waals surface area contributed by atoms with Gasteiger partial charge in [-0.05, 0) is 24.6 Å². The first-order valence-corrected chi connectivity index (χ1v) is 5.37. The molecular weight excluding hydrogens is 241 g/mol. The van der Waals surface area contributed by atoms with E-state index in [0.717, 1.165) is 0 Å². The Kier molecular flexibility index (Phi) is 4.79. The summed E-state index contributed by atoms with van der Waals surface area (Å²) in [4.78, 5) is 21.9. The minimum Gasteiger partial charge on any atom is -0.479 e. The maximum absolute atomic E-state index is 13.4. The highest BCUT2D eigenvalue weighted by molar-refractivity contribution is 5.94. The average Bonchev–Trinajstić information content (AvgIpc) is 2.28. The Morgan fingerprint density at radius 1 is 1.44 bits per heavy atom. The lowest BCUT2D eigenvalue weighted by molar-refractivity contribution is -0.146. The number of carbonyl (C=O) groups excluding carboxylic acids is 1. The fourth-order valence-electron chi connectivity index (χ4n) is 1.35. The summed E-state index contributed by atoms with van der Waals surface area (Å²) in [5.41, 5.74) is 0.593. The molecule has 0 aromatic heterocycles. The lowest BCUT2D eigenvalue weighted by Gasteiger charge is -2.08. The second-order valence-corrected chi connectivity index (χ2v) is 3.88. The summed E-state index contributed by atoms with van der Waals surface area (Å²) in [6, 6.07) is 4.19. The van der Waals surface area contributed by atoms with Crippen LogP contribution < -0.4 is 5.32 Å². The number of hydrogen-bond donors (Lipinski definition) is 3. The van der Waals surface area contributed by atoms with E-state index in [1.165, 1.54) is 12.1 Å². The number of amides is 1. The van der Waals surface area contributed by atoms with E-state index in [9.17, 15) is 14.0 Å². The van der Waals surface area contributed by atoms with Crippen molar-refractivity contribution >= 4 is 11.9 Å². The summed E-state index contributed by atoms with van der Waals surface area (Å²) in [7, 11) is 0. The Morgan fingerprint density at radius 2 is 2.11 bits per heavy atom. The molecule has 3 N–H and O–H groups in total. The van der Waals surface area contributed by atoms with E-state index < -0.39 is 23.8 Å². The Hall–Kier alpha value is -1.95. The van der Waals surface area contributed by atoms with E-state index in [1.54, 1.807) is 13.0 Å². The van der Waals surface area contributed by atoms with E-state index in [1.807, 2.05) is 0 Å². The molecule has 0 fully saturated rings. The monoisotopic (exact) mass is 255 g/mol. The van der Waals surface area contributed by atoms with E-state index in [-0.39, 0.29) is 18.5 Å². The van der Waals surface area contributed by atoms with Crippen LogP contribution >= 0.6 is 0 Å². The van der Waals surface area contributed by atoms with Gasteiger partial charge < -0.3 is 15.5 Å². The second kappa shape index (κ2) is 6.11. The van der Waals surface area contributed by atoms with Crippen molar-refractivity contribution in [2.24, 2.45) is 0 Å². The van der Waals surface area contributed by atoms with Gasteiger partial charge in [0.25, 0.3) is 5.91 Å². The Morgan fingerprint density at radius 3 is 2.67 bits per heavy atom. The summed E-state index contributed by atoms with van der Waals surface area (Å²) in [6.07, 6.45) is -1.66. The summed E-state index contributed by atoms with van der Waals surface area (Å²) >= 11 is 0. The van der Waals surface area contributed by atoms with Gasteiger partial charge in [-0.3, -0.25) is 4.79 Å². The van der Waals surface area contributed by atoms with Gasteiger partial charge in [0.05, 0.1) is 5.56 Å². The number of carboxylic acid groups (broad SMARTS) is 1. The normalized spacial score (nSPS) is 11.9. The van der Waals surface area contributed by atoms with Crippen LogP contribution in [0.15, 0.2) is 18.2 Å². The standard InChI is InChI=1S/C12H14FNO4/c1-7-2-3-8(9(13)6-7)11(16)14-5-4-10(15)12(17)18/h2-3,6,10,15H,4-5H2,1H3,(H,14,16)(H,17,18). The number of aliphatic hydroxyl groups is 1. The highest BCUT2D eigenvalue weighted by Crippen LogP contribution is 2.09. The number of rotatable bonds is 5. The first-order valence-electron chi connectivity index (χ1n) is 5.37. The Balaban J connectivity index is 2.53. The van der Waals surface area contributed by atoms with Crippen LogP contribution in [0.2, 0.25) is 0 Å². The van der Waals surface area contributed by atoms with Crippen LogP contribution in [-0.4, -0.2) is 34.7 Å². The quantitative estimate of drug-likeness (QED) is 0.722. The van der Waals surface area contributed by atoms with E-state index in [0.29, 0.717) is 5.56 Å². The molecule has 0 saturated carbocycles. The van der Waals surface area contributed by atoms with Crippen LogP contribution in [0.25, 0.3) is 0 Å². The number of carbonyl (C=O) groups is 2. The second-order valence-electron chi connectivity index (χ2n) is 3.88. The SMILES string of the molecule is Cc1ccc(C(=O)NCCC(O)C(=O)O)c(F)c1. The number of aryl methyl sites for hydroxylation is 1. The van der Waals surface area contributed by atoms with Gasteiger partial charge in [-0.1, -0.05) is 6.07 Å². The summed E-state index contributed by atoms with van der Waals surface area (Å²) in [5, 5.41) is 19.7. The number of aliphatic hydroxyl groups excluding tert-OH is 1. The largest absolute Gasteiger partial charge is 0.479 e. The smallest absolute Gasteiger partial charge is 0.332 e. The summed E-state index contributed by atoms with van der Waals surface area (Å²) in [6.45, 7) is 1.66. The molecule has 1 aromatic carbocycles. The van der Waals surface area contributed by atoms with Crippen molar-refractivity contribution in [3.05, 3.63) is 35.1 Å². The van der Waals surface area contributed by atoms with Crippen LogP contribution in [-0.2, 0) is 4.79 Å². The van der Waals surface area contributed by atoms with Gasteiger partial charge in [0, 0.05) is 13.0 Å². The molecule has 0 heterocycles. The lowest BCUT2D eigenvalue weighted by atomic mass is 10.1. The van der Waals surface area contributed by atoms with Crippen molar-refractivity contribution in [1.82, 2.24) is 5.32 Å². The third-order valence-corrected chi connectivity index (χ3v) is 2.36. The topological polar surface area (TPSA) is 86.6 Å². The maximum Gasteiger partial charge on any atom is 0.332 e. The van der Waals surface area contributed by atoms with Gasteiger partial charge in [0.15, 0.2) is 6.10 Å². The van der Waals surface area contributed by atoms with Gasteiger partial charge >= 0.3 is 5.97 Å². The van der Waals surface area contributed by atoms with Gasteiger partial charge in [0.2, 0.25) is 0 Å². The zero-order valence-corrected chi connectivity index (χ0v) is 9.81. The fourth-order valence-corrected chi connectivity index (χ4v) is 1.35. The molecule has 0 saturated heterocycles. The van der Waals surface area contributed by atoms with E-state index in [4.69, 9.17) is 10.2 Å². The molecule has 0 aliphatic rings. The van der Waals surface area contributed by atoms with Crippen molar-refractivity contribution in [1.29, 1.82) is 0 Å². The molecule has 1 rings (SSSR count). The molecule has 1 atom stereocenters. The van der Waals surface area contributed by atoms with Crippen molar-refractivity contribution in [3.63, 3.8) is 0 Å². The fraction of sp³-hybridized carbons (Fsp3) is 0.333. The predicted octanol–water partition coefficient (Wildman–Crippen LogP) is 0.700. The molecule has 0 bridgehead atoms. The zero-order chi connectivity index (χ0) is 13.7. The molecular formula is C12H14FNO4. The first kappa shape index (κ1) is 14.1. The van der Waals surface area contributed by atoms with Crippen LogP contribution in [0.4, 0.5) is 4.39 Å². The summed E-state index contributed by atoms with van der Waals surface area (Å²) < 4.78 is 13.4. The van der Waals surface area contributed by atoms with E-state index >= 15 is 0 Å². The molecule has 1 amide bonds. The van der Waals surface area contributed by atoms with Crippen LogP contribution in [0.1, 0.15) is 22.3 Å². The molecule has 0 aliphatic carbocycles. The number of carboxylic acids is 1. The van der Waals surface area contributed by atoms with Crippen molar-refractivity contribution in [3.8, 4) is 0 Å². The van der Waals surface area contributed by atoms with Crippen LogP contribution in [0.5, 0.6) is 0 Å². The molecule has 6 heteroatoms. The highest BCUT2D eigenvalue weighted by atomic mass is 19.1. The molecule has 0 spiro atoms. The predicted molar refractivity (Wildman–Crippen MR) is 61.7 cm³/mol. The molecule has 0 radical (unpaired) electrons. The van der Waals surface area contributed by atoms with Gasteiger partial charge in [0.1, 0.15) is 5.82 Å². The van der Waals surface area contributed by atoms with Gasteiger partial charge in [-0.25, -0.2) is 9.18 Å². The average molecular weight is 255 g/mol. The molecule has 18 heavy (non-hydrogen) atoms. The number of nitrogens with one attached hydrogen (secondary N) is 1. The molecule has 1 aromatic rings. The number of aliphatic carboxylic acids is 1. The lowest BCUT2D eigenvalue weighted by Crippen LogP contribution is -2.30. The molecule has 5 nitrogen and oxygen atoms in total. The molecule has 1 unspecified atom stereocenters. The minimum absolute atomic E-state index is 0.0420. The van der Waals surface area contributed by atoms with Crippen LogP contribution in [0, 0.1) is 12.7 Å².